The molecule has 1 heterocycles. The quantitative estimate of drug-likeness (QED) is 0.760. The molecule has 0 unspecified atom stereocenters. The molecule has 4 nitrogen and oxygen atoms in total. The Morgan fingerprint density at radius 1 is 1.36 bits per heavy atom. The van der Waals surface area contributed by atoms with Gasteiger partial charge in [0.1, 0.15) is 11.9 Å². The summed E-state index contributed by atoms with van der Waals surface area (Å²) in [5, 5.41) is 0. The molecule has 4 heteroatoms. The molecule has 1 fully saturated rings. The number of nitrogens with zero attached hydrogens (tertiary/aromatic N) is 2. The summed E-state index contributed by atoms with van der Waals surface area (Å²) in [6, 6.07) is 2.17. The summed E-state index contributed by atoms with van der Waals surface area (Å²) < 4.78 is 5.65. The second-order valence-electron chi connectivity index (χ2n) is 3.87. The Morgan fingerprint density at radius 2 is 2.07 bits per heavy atom. The molecule has 1 aliphatic rings. The number of nitrogens with two attached hydrogens (primary N) is 1. The van der Waals surface area contributed by atoms with Crippen LogP contribution in [-0.4, -0.2) is 22.1 Å². The lowest BCUT2D eigenvalue weighted by atomic mass is 9.90. The zero-order valence-electron chi connectivity index (χ0n) is 8.53. The zero-order valence-corrected chi connectivity index (χ0v) is 8.53. The molecule has 0 aromatic carbocycles. The second-order valence-corrected chi connectivity index (χ2v) is 3.87. The van der Waals surface area contributed by atoms with Gasteiger partial charge in [0.05, 0.1) is 0 Å². The SMILES string of the molecule is Cc1cc(OC2CC(N)C2)nc(C)n1. The molecule has 1 aromatic rings. The van der Waals surface area contributed by atoms with E-state index in [1.807, 2.05) is 19.9 Å². The van der Waals surface area contributed by atoms with Crippen molar-refractivity contribution in [2.24, 2.45) is 5.73 Å². The first-order valence-corrected chi connectivity index (χ1v) is 4.88. The fourth-order valence-corrected chi connectivity index (χ4v) is 1.62. The maximum atomic E-state index is 5.67. The second kappa shape index (κ2) is 3.53. The Morgan fingerprint density at radius 3 is 2.64 bits per heavy atom. The van der Waals surface area contributed by atoms with E-state index in [0.29, 0.717) is 11.9 Å². The highest BCUT2D eigenvalue weighted by Crippen LogP contribution is 2.23. The van der Waals surface area contributed by atoms with Gasteiger partial charge in [0.2, 0.25) is 5.88 Å². The van der Waals surface area contributed by atoms with Crippen LogP contribution in [0.25, 0.3) is 0 Å². The predicted molar refractivity (Wildman–Crippen MR) is 53.1 cm³/mol. The summed E-state index contributed by atoms with van der Waals surface area (Å²) in [7, 11) is 0. The lowest BCUT2D eigenvalue weighted by molar-refractivity contribution is 0.0954. The lowest BCUT2D eigenvalue weighted by Gasteiger charge is -2.32. The minimum Gasteiger partial charge on any atom is -0.474 e. The fourth-order valence-electron chi connectivity index (χ4n) is 1.62. The Kier molecular flexibility index (Phi) is 2.37. The number of aryl methyl sites for hydroxylation is 2. The Labute approximate surface area is 83.5 Å². The van der Waals surface area contributed by atoms with Crippen LogP contribution in [0, 0.1) is 13.8 Å². The topological polar surface area (TPSA) is 61.0 Å². The van der Waals surface area contributed by atoms with Crippen LogP contribution in [0.1, 0.15) is 24.4 Å². The molecule has 0 aliphatic heterocycles. The molecule has 1 aromatic heterocycles. The first kappa shape index (κ1) is 9.40. The van der Waals surface area contributed by atoms with Gasteiger partial charge in [-0.3, -0.25) is 0 Å². The summed E-state index contributed by atoms with van der Waals surface area (Å²) in [5.74, 6) is 1.43. The number of hydrogen-bond acceptors (Lipinski definition) is 4. The van der Waals surface area contributed by atoms with Crippen molar-refractivity contribution in [1.82, 2.24) is 9.97 Å². The van der Waals surface area contributed by atoms with Crippen molar-refractivity contribution in [3.05, 3.63) is 17.6 Å². The minimum absolute atomic E-state index is 0.249. The number of hydrogen-bond donors (Lipinski definition) is 1. The van der Waals surface area contributed by atoms with E-state index >= 15 is 0 Å². The van der Waals surface area contributed by atoms with E-state index in [2.05, 4.69) is 9.97 Å². The van der Waals surface area contributed by atoms with Crippen LogP contribution in [0.4, 0.5) is 0 Å². The predicted octanol–water partition coefficient (Wildman–Crippen LogP) is 0.962. The summed E-state index contributed by atoms with van der Waals surface area (Å²) in [6.45, 7) is 3.81. The summed E-state index contributed by atoms with van der Waals surface area (Å²) in [4.78, 5) is 8.39. The van der Waals surface area contributed by atoms with Gasteiger partial charge in [-0.15, -0.1) is 0 Å². The maximum Gasteiger partial charge on any atom is 0.217 e. The van der Waals surface area contributed by atoms with Gasteiger partial charge < -0.3 is 10.5 Å². The van der Waals surface area contributed by atoms with Crippen molar-refractivity contribution in [2.45, 2.75) is 38.8 Å². The van der Waals surface area contributed by atoms with Gasteiger partial charge in [0.15, 0.2) is 0 Å². The summed E-state index contributed by atoms with van der Waals surface area (Å²) >= 11 is 0. The van der Waals surface area contributed by atoms with E-state index in [4.69, 9.17) is 10.5 Å². The Bertz CT molecular complexity index is 314. The normalized spacial score (nSPS) is 25.6. The monoisotopic (exact) mass is 193 g/mol. The molecule has 0 saturated heterocycles. The minimum atomic E-state index is 0.249. The van der Waals surface area contributed by atoms with E-state index in [1.165, 1.54) is 0 Å². The fraction of sp³-hybridized carbons (Fsp3) is 0.600. The molecule has 14 heavy (non-hydrogen) atoms. The molecule has 1 aliphatic carbocycles. The summed E-state index contributed by atoms with van der Waals surface area (Å²) in [5.41, 5.74) is 6.61. The molecule has 0 atom stereocenters. The van der Waals surface area contributed by atoms with Crippen molar-refractivity contribution in [3.8, 4) is 5.88 Å². The van der Waals surface area contributed by atoms with Gasteiger partial charge in [-0.2, -0.15) is 4.98 Å². The third-order valence-corrected chi connectivity index (χ3v) is 2.36. The van der Waals surface area contributed by atoms with Crippen molar-refractivity contribution in [3.63, 3.8) is 0 Å². The first-order valence-electron chi connectivity index (χ1n) is 4.88. The Hall–Kier alpha value is -1.16. The highest BCUT2D eigenvalue weighted by atomic mass is 16.5. The molecular weight excluding hydrogens is 178 g/mol. The van der Waals surface area contributed by atoms with Crippen LogP contribution in [0.3, 0.4) is 0 Å². The lowest BCUT2D eigenvalue weighted by Crippen LogP contribution is -2.43. The third kappa shape index (κ3) is 2.01. The zero-order chi connectivity index (χ0) is 10.1. The highest BCUT2D eigenvalue weighted by Gasteiger charge is 2.27. The van der Waals surface area contributed by atoms with Crippen molar-refractivity contribution in [2.75, 3.05) is 0 Å². The van der Waals surface area contributed by atoms with E-state index in [-0.39, 0.29) is 6.10 Å². The maximum absolute atomic E-state index is 5.67. The molecule has 0 bridgehead atoms. The van der Waals surface area contributed by atoms with Crippen LogP contribution in [-0.2, 0) is 0 Å². The number of ether oxygens (including phenoxy) is 1. The smallest absolute Gasteiger partial charge is 0.217 e. The molecule has 0 radical (unpaired) electrons. The average Bonchev–Trinajstić information content (AvgIpc) is 1.99. The van der Waals surface area contributed by atoms with E-state index in [1.54, 1.807) is 0 Å². The highest BCUT2D eigenvalue weighted by molar-refractivity contribution is 5.15. The standard InChI is InChI=1S/C10H15N3O/c1-6-3-10(13-7(2)12-6)14-9-4-8(11)5-9/h3,8-9H,4-5,11H2,1-2H3. The molecule has 2 rings (SSSR count). The van der Waals surface area contributed by atoms with Gasteiger partial charge in [-0.25, -0.2) is 4.98 Å². The van der Waals surface area contributed by atoms with Crippen molar-refractivity contribution < 1.29 is 4.74 Å². The molecule has 2 N–H and O–H groups in total. The van der Waals surface area contributed by atoms with Crippen LogP contribution >= 0.6 is 0 Å². The van der Waals surface area contributed by atoms with Gasteiger partial charge in [0, 0.05) is 17.8 Å². The van der Waals surface area contributed by atoms with Gasteiger partial charge >= 0.3 is 0 Å². The van der Waals surface area contributed by atoms with Crippen LogP contribution in [0.5, 0.6) is 5.88 Å². The molecular formula is C10H15N3O. The van der Waals surface area contributed by atoms with Crippen LogP contribution in [0.15, 0.2) is 6.07 Å². The third-order valence-electron chi connectivity index (χ3n) is 2.36. The first-order chi connectivity index (χ1) is 6.63. The number of rotatable bonds is 2. The van der Waals surface area contributed by atoms with Gasteiger partial charge in [-0.1, -0.05) is 0 Å². The molecule has 0 spiro atoms. The molecule has 76 valence electrons. The van der Waals surface area contributed by atoms with Crippen molar-refractivity contribution in [1.29, 1.82) is 0 Å². The molecule has 0 amide bonds. The van der Waals surface area contributed by atoms with Crippen LogP contribution < -0.4 is 10.5 Å². The van der Waals surface area contributed by atoms with E-state index in [0.717, 1.165) is 24.4 Å². The number of aromatic nitrogens is 2. The van der Waals surface area contributed by atoms with Gasteiger partial charge in [-0.05, 0) is 26.7 Å². The van der Waals surface area contributed by atoms with Crippen molar-refractivity contribution >= 4 is 0 Å². The van der Waals surface area contributed by atoms with E-state index in [9.17, 15) is 0 Å². The van der Waals surface area contributed by atoms with Crippen LogP contribution in [0.2, 0.25) is 0 Å². The van der Waals surface area contributed by atoms with E-state index < -0.39 is 0 Å². The van der Waals surface area contributed by atoms with Gasteiger partial charge in [0.25, 0.3) is 0 Å². The average molecular weight is 193 g/mol. The largest absolute Gasteiger partial charge is 0.474 e. The summed E-state index contributed by atoms with van der Waals surface area (Å²) in [6.07, 6.45) is 2.11. The Balaban J connectivity index is 2.02. The molecule has 1 saturated carbocycles.